The minimum atomic E-state index is -0.477. The Balaban J connectivity index is 1.29. The maximum absolute atomic E-state index is 12.6. The number of nitrogens with zero attached hydrogens (tertiary/aromatic N) is 2. The summed E-state index contributed by atoms with van der Waals surface area (Å²) in [6, 6.07) is 7.20. The molecule has 1 aromatic rings. The minimum Gasteiger partial charge on any atom is -0.351 e. The van der Waals surface area contributed by atoms with E-state index in [1.54, 1.807) is 24.3 Å². The molecule has 166 valence electrons. The molecule has 1 aromatic carbocycles. The van der Waals surface area contributed by atoms with Gasteiger partial charge in [0.1, 0.15) is 5.25 Å². The molecule has 0 aromatic heterocycles. The Hall–Kier alpha value is -2.35. The first-order valence-electron chi connectivity index (χ1n) is 11.3. The lowest BCUT2D eigenvalue weighted by Crippen LogP contribution is -2.36. The van der Waals surface area contributed by atoms with Crippen LogP contribution in [0.2, 0.25) is 0 Å². The zero-order valence-electron chi connectivity index (χ0n) is 17.8. The quantitative estimate of drug-likeness (QED) is 0.728. The van der Waals surface area contributed by atoms with Crippen LogP contribution in [0.4, 0.5) is 5.69 Å². The standard InChI is InChI=1S/C23H30N4O3S/c28-20(15-19-22(30)26-23(31-19)27-12-5-2-6-13-27)24-18-11-7-8-16(14-18)21(29)25-17-9-3-1-4-10-17/h7-8,11,14,17,19H,1-6,9-10,12-13,15H2,(H,24,28)(H,25,29). The maximum atomic E-state index is 12.6. The van der Waals surface area contributed by atoms with Crippen molar-refractivity contribution in [3.63, 3.8) is 0 Å². The Labute approximate surface area is 187 Å². The molecule has 1 unspecified atom stereocenters. The summed E-state index contributed by atoms with van der Waals surface area (Å²) in [4.78, 5) is 43.7. The van der Waals surface area contributed by atoms with Gasteiger partial charge in [-0.1, -0.05) is 37.1 Å². The highest BCUT2D eigenvalue weighted by atomic mass is 32.2. The van der Waals surface area contributed by atoms with E-state index in [0.29, 0.717) is 11.3 Å². The number of amidine groups is 1. The summed E-state index contributed by atoms with van der Waals surface area (Å²) in [5, 5.41) is 6.21. The number of piperidine rings is 1. The van der Waals surface area contributed by atoms with Crippen LogP contribution >= 0.6 is 11.8 Å². The Kier molecular flexibility index (Phi) is 7.27. The normalized spacial score (nSPS) is 22.2. The Morgan fingerprint density at radius 2 is 1.81 bits per heavy atom. The predicted molar refractivity (Wildman–Crippen MR) is 123 cm³/mol. The number of anilines is 1. The van der Waals surface area contributed by atoms with E-state index in [-0.39, 0.29) is 30.2 Å². The van der Waals surface area contributed by atoms with Gasteiger partial charge >= 0.3 is 0 Å². The van der Waals surface area contributed by atoms with Crippen molar-refractivity contribution >= 4 is 40.3 Å². The second kappa shape index (κ2) is 10.3. The third-order valence-corrected chi connectivity index (χ3v) is 7.29. The summed E-state index contributed by atoms with van der Waals surface area (Å²) < 4.78 is 0. The number of benzene rings is 1. The smallest absolute Gasteiger partial charge is 0.262 e. The number of carbonyl (C=O) groups excluding carboxylic acids is 3. The van der Waals surface area contributed by atoms with E-state index in [4.69, 9.17) is 0 Å². The highest BCUT2D eigenvalue weighted by molar-refractivity contribution is 8.15. The average molecular weight is 443 g/mol. The molecule has 8 heteroatoms. The number of rotatable bonds is 5. The van der Waals surface area contributed by atoms with Gasteiger partial charge in [-0.3, -0.25) is 14.4 Å². The third-order valence-electron chi connectivity index (χ3n) is 6.08. The van der Waals surface area contributed by atoms with Gasteiger partial charge in [0.15, 0.2) is 5.17 Å². The summed E-state index contributed by atoms with van der Waals surface area (Å²) in [5.74, 6) is -0.587. The molecule has 2 heterocycles. The monoisotopic (exact) mass is 442 g/mol. The first kappa shape index (κ1) is 21.9. The molecule has 0 radical (unpaired) electrons. The van der Waals surface area contributed by atoms with E-state index in [2.05, 4.69) is 20.5 Å². The molecule has 7 nitrogen and oxygen atoms in total. The van der Waals surface area contributed by atoms with Gasteiger partial charge in [-0.25, -0.2) is 0 Å². The molecular weight excluding hydrogens is 412 g/mol. The molecule has 1 saturated heterocycles. The average Bonchev–Trinajstić information content (AvgIpc) is 3.15. The van der Waals surface area contributed by atoms with Crippen molar-refractivity contribution in [1.29, 1.82) is 0 Å². The van der Waals surface area contributed by atoms with Crippen molar-refractivity contribution in [1.82, 2.24) is 10.2 Å². The molecule has 4 rings (SSSR count). The third kappa shape index (κ3) is 5.87. The van der Waals surface area contributed by atoms with Crippen LogP contribution in [-0.2, 0) is 9.59 Å². The van der Waals surface area contributed by atoms with E-state index in [9.17, 15) is 14.4 Å². The van der Waals surface area contributed by atoms with Crippen LogP contribution in [0.15, 0.2) is 29.3 Å². The fourth-order valence-electron chi connectivity index (χ4n) is 4.36. The molecule has 0 spiro atoms. The van der Waals surface area contributed by atoms with Crippen molar-refractivity contribution in [3.8, 4) is 0 Å². The SMILES string of the molecule is O=C(CC1SC(N2CCCCC2)=NC1=O)Nc1cccc(C(=O)NC2CCCCC2)c1. The van der Waals surface area contributed by atoms with Crippen LogP contribution < -0.4 is 10.6 Å². The van der Waals surface area contributed by atoms with Crippen molar-refractivity contribution in [3.05, 3.63) is 29.8 Å². The first-order valence-corrected chi connectivity index (χ1v) is 12.2. The Morgan fingerprint density at radius 3 is 2.58 bits per heavy atom. The summed E-state index contributed by atoms with van der Waals surface area (Å²) in [6.07, 6.45) is 9.11. The zero-order valence-corrected chi connectivity index (χ0v) is 18.6. The highest BCUT2D eigenvalue weighted by Gasteiger charge is 2.33. The van der Waals surface area contributed by atoms with Crippen LogP contribution in [0.5, 0.6) is 0 Å². The molecule has 31 heavy (non-hydrogen) atoms. The summed E-state index contributed by atoms with van der Waals surface area (Å²) in [6.45, 7) is 1.85. The summed E-state index contributed by atoms with van der Waals surface area (Å²) >= 11 is 1.39. The number of hydrogen-bond acceptors (Lipinski definition) is 5. The summed E-state index contributed by atoms with van der Waals surface area (Å²) in [5.41, 5.74) is 1.10. The lowest BCUT2D eigenvalue weighted by atomic mass is 9.95. The topological polar surface area (TPSA) is 90.9 Å². The van der Waals surface area contributed by atoms with Crippen molar-refractivity contribution in [2.24, 2.45) is 4.99 Å². The van der Waals surface area contributed by atoms with Crippen molar-refractivity contribution in [2.45, 2.75) is 69.1 Å². The van der Waals surface area contributed by atoms with Gasteiger partial charge in [-0.2, -0.15) is 4.99 Å². The molecule has 2 N–H and O–H groups in total. The Bertz CT molecular complexity index is 860. The van der Waals surface area contributed by atoms with E-state index in [1.807, 2.05) is 0 Å². The van der Waals surface area contributed by atoms with Crippen LogP contribution in [0, 0.1) is 0 Å². The second-order valence-corrected chi connectivity index (χ2v) is 9.70. The fraction of sp³-hybridized carbons (Fsp3) is 0.565. The largest absolute Gasteiger partial charge is 0.351 e. The molecule has 3 amide bonds. The van der Waals surface area contributed by atoms with Gasteiger partial charge < -0.3 is 15.5 Å². The van der Waals surface area contributed by atoms with E-state index in [0.717, 1.165) is 56.8 Å². The van der Waals surface area contributed by atoms with E-state index < -0.39 is 5.25 Å². The van der Waals surface area contributed by atoms with E-state index in [1.165, 1.54) is 24.6 Å². The van der Waals surface area contributed by atoms with Crippen molar-refractivity contribution < 1.29 is 14.4 Å². The molecule has 3 aliphatic rings. The van der Waals surface area contributed by atoms with Crippen LogP contribution in [-0.4, -0.2) is 52.2 Å². The molecular formula is C23H30N4O3S. The number of amides is 3. The fourth-order valence-corrected chi connectivity index (χ4v) is 5.48. The molecule has 0 bridgehead atoms. The number of aliphatic imine (C=N–C) groups is 1. The van der Waals surface area contributed by atoms with E-state index >= 15 is 0 Å². The molecule has 2 aliphatic heterocycles. The van der Waals surface area contributed by atoms with Gasteiger partial charge in [-0.05, 0) is 50.3 Å². The van der Waals surface area contributed by atoms with Gasteiger partial charge in [0.25, 0.3) is 11.8 Å². The minimum absolute atomic E-state index is 0.0723. The second-order valence-electron chi connectivity index (χ2n) is 8.53. The summed E-state index contributed by atoms with van der Waals surface area (Å²) in [7, 11) is 0. The molecule has 1 atom stereocenters. The number of nitrogens with one attached hydrogen (secondary N) is 2. The van der Waals surface area contributed by atoms with Crippen LogP contribution in [0.25, 0.3) is 0 Å². The van der Waals surface area contributed by atoms with Gasteiger partial charge in [0, 0.05) is 36.8 Å². The molecule has 1 aliphatic carbocycles. The zero-order chi connectivity index (χ0) is 21.6. The van der Waals surface area contributed by atoms with Crippen LogP contribution in [0.1, 0.15) is 68.1 Å². The van der Waals surface area contributed by atoms with Crippen molar-refractivity contribution in [2.75, 3.05) is 18.4 Å². The lowest BCUT2D eigenvalue weighted by Gasteiger charge is -2.27. The predicted octanol–water partition coefficient (Wildman–Crippen LogP) is 3.56. The number of hydrogen-bond donors (Lipinski definition) is 2. The Morgan fingerprint density at radius 1 is 1.06 bits per heavy atom. The maximum Gasteiger partial charge on any atom is 0.262 e. The van der Waals surface area contributed by atoms with Gasteiger partial charge in [-0.15, -0.1) is 0 Å². The highest BCUT2D eigenvalue weighted by Crippen LogP contribution is 2.29. The first-order chi connectivity index (χ1) is 15.1. The number of thioether (sulfide) groups is 1. The molecule has 1 saturated carbocycles. The lowest BCUT2D eigenvalue weighted by molar-refractivity contribution is -0.121. The molecule has 2 fully saturated rings. The van der Waals surface area contributed by atoms with Gasteiger partial charge in [0.2, 0.25) is 5.91 Å². The van der Waals surface area contributed by atoms with Crippen LogP contribution in [0.3, 0.4) is 0 Å². The number of likely N-dealkylation sites (tertiary alicyclic amines) is 1. The van der Waals surface area contributed by atoms with Gasteiger partial charge in [0.05, 0.1) is 0 Å². The number of carbonyl (C=O) groups is 3.